The number of pyridine rings is 1. The molecule has 6 nitrogen and oxygen atoms in total. The Morgan fingerprint density at radius 2 is 2.18 bits per heavy atom. The SMILES string of the molecule is CCC1N(c2ccccn2)C(=O)OC12CCC(C(=O)O)CC2. The van der Waals surface area contributed by atoms with Crippen LogP contribution in [0.2, 0.25) is 0 Å². The maximum absolute atomic E-state index is 12.4. The van der Waals surface area contributed by atoms with Crippen LogP contribution in [-0.4, -0.2) is 33.8 Å². The zero-order valence-corrected chi connectivity index (χ0v) is 12.6. The van der Waals surface area contributed by atoms with E-state index in [-0.39, 0.29) is 18.1 Å². The lowest BCUT2D eigenvalue weighted by Gasteiger charge is -2.38. The summed E-state index contributed by atoms with van der Waals surface area (Å²) < 4.78 is 5.74. The van der Waals surface area contributed by atoms with Crippen molar-refractivity contribution in [2.24, 2.45) is 5.92 Å². The standard InChI is InChI=1S/C16H20N2O4/c1-2-12-16(8-6-11(7-9-16)14(19)20)22-15(21)18(12)13-5-3-4-10-17-13/h3-5,10-12H,2,6-9H2,1H3,(H,19,20). The molecular weight excluding hydrogens is 284 g/mol. The van der Waals surface area contributed by atoms with E-state index in [4.69, 9.17) is 9.84 Å². The summed E-state index contributed by atoms with van der Waals surface area (Å²) in [5.41, 5.74) is -0.574. The summed E-state index contributed by atoms with van der Waals surface area (Å²) in [7, 11) is 0. The van der Waals surface area contributed by atoms with Crippen molar-refractivity contribution in [1.82, 2.24) is 4.98 Å². The zero-order chi connectivity index (χ0) is 15.7. The lowest BCUT2D eigenvalue weighted by Crippen LogP contribution is -2.48. The number of anilines is 1. The van der Waals surface area contributed by atoms with Gasteiger partial charge in [-0.15, -0.1) is 0 Å². The van der Waals surface area contributed by atoms with E-state index in [1.54, 1.807) is 23.2 Å². The first-order valence-corrected chi connectivity index (χ1v) is 7.73. The fraction of sp³-hybridized carbons (Fsp3) is 0.562. The summed E-state index contributed by atoms with van der Waals surface area (Å²) in [5.74, 6) is -0.490. The normalized spacial score (nSPS) is 31.3. The van der Waals surface area contributed by atoms with Crippen molar-refractivity contribution in [2.45, 2.75) is 50.7 Å². The molecule has 0 aromatic carbocycles. The first-order chi connectivity index (χ1) is 10.6. The van der Waals surface area contributed by atoms with Gasteiger partial charge in [-0.1, -0.05) is 13.0 Å². The van der Waals surface area contributed by atoms with Crippen molar-refractivity contribution < 1.29 is 19.4 Å². The topological polar surface area (TPSA) is 79.7 Å². The van der Waals surface area contributed by atoms with Crippen LogP contribution >= 0.6 is 0 Å². The third kappa shape index (κ3) is 2.32. The number of rotatable bonds is 3. The third-order valence-electron chi connectivity index (χ3n) is 4.87. The van der Waals surface area contributed by atoms with Gasteiger partial charge in [-0.25, -0.2) is 9.78 Å². The monoisotopic (exact) mass is 304 g/mol. The van der Waals surface area contributed by atoms with Crippen LogP contribution in [0.1, 0.15) is 39.0 Å². The number of hydrogen-bond donors (Lipinski definition) is 1. The van der Waals surface area contributed by atoms with Gasteiger partial charge in [-0.2, -0.15) is 0 Å². The number of carboxylic acid groups (broad SMARTS) is 1. The second-order valence-electron chi connectivity index (χ2n) is 6.03. The molecule has 1 saturated carbocycles. The van der Waals surface area contributed by atoms with Gasteiger partial charge in [0, 0.05) is 6.20 Å². The number of aromatic nitrogens is 1. The van der Waals surface area contributed by atoms with E-state index in [1.165, 1.54) is 0 Å². The van der Waals surface area contributed by atoms with Crippen LogP contribution in [0.4, 0.5) is 10.6 Å². The molecule has 0 bridgehead atoms. The van der Waals surface area contributed by atoms with Gasteiger partial charge in [-0.3, -0.25) is 9.69 Å². The Hall–Kier alpha value is -2.11. The van der Waals surface area contributed by atoms with Crippen LogP contribution in [0, 0.1) is 5.92 Å². The highest BCUT2D eigenvalue weighted by molar-refractivity contribution is 5.90. The average Bonchev–Trinajstić information content (AvgIpc) is 2.79. The van der Waals surface area contributed by atoms with E-state index in [0.29, 0.717) is 31.5 Å². The molecule has 1 aliphatic carbocycles. The Balaban J connectivity index is 1.86. The highest BCUT2D eigenvalue weighted by Crippen LogP contribution is 2.45. The Labute approximate surface area is 129 Å². The van der Waals surface area contributed by atoms with Crippen molar-refractivity contribution in [3.8, 4) is 0 Å². The second kappa shape index (κ2) is 5.59. The lowest BCUT2D eigenvalue weighted by molar-refractivity contribution is -0.144. The molecule has 1 aromatic rings. The molecule has 2 heterocycles. The van der Waals surface area contributed by atoms with Gasteiger partial charge in [0.1, 0.15) is 11.4 Å². The van der Waals surface area contributed by atoms with Crippen molar-refractivity contribution in [3.63, 3.8) is 0 Å². The average molecular weight is 304 g/mol. The number of nitrogens with zero attached hydrogens (tertiary/aromatic N) is 2. The Kier molecular flexibility index (Phi) is 3.76. The number of hydrogen-bond acceptors (Lipinski definition) is 4. The largest absolute Gasteiger partial charge is 0.481 e. The predicted molar refractivity (Wildman–Crippen MR) is 79.6 cm³/mol. The van der Waals surface area contributed by atoms with E-state index in [2.05, 4.69) is 4.98 Å². The summed E-state index contributed by atoms with van der Waals surface area (Å²) in [4.78, 5) is 29.4. The van der Waals surface area contributed by atoms with Crippen molar-refractivity contribution >= 4 is 17.9 Å². The smallest absolute Gasteiger partial charge is 0.416 e. The van der Waals surface area contributed by atoms with E-state index in [1.807, 2.05) is 13.0 Å². The fourth-order valence-electron chi connectivity index (χ4n) is 3.75. The Morgan fingerprint density at radius 3 is 2.73 bits per heavy atom. The highest BCUT2D eigenvalue weighted by Gasteiger charge is 2.55. The van der Waals surface area contributed by atoms with Crippen LogP contribution in [0.15, 0.2) is 24.4 Å². The minimum Gasteiger partial charge on any atom is -0.481 e. The second-order valence-corrected chi connectivity index (χ2v) is 6.03. The molecule has 2 aliphatic rings. The van der Waals surface area contributed by atoms with Gasteiger partial charge in [0.15, 0.2) is 0 Å². The predicted octanol–water partition coefficient (Wildman–Crippen LogP) is 2.83. The lowest BCUT2D eigenvalue weighted by atomic mass is 9.74. The third-order valence-corrected chi connectivity index (χ3v) is 4.87. The molecule has 1 N–H and O–H groups in total. The fourth-order valence-corrected chi connectivity index (χ4v) is 3.75. The molecule has 1 atom stereocenters. The molecule has 3 rings (SSSR count). The molecule has 2 fully saturated rings. The Bertz CT molecular complexity index is 567. The van der Waals surface area contributed by atoms with E-state index >= 15 is 0 Å². The minimum atomic E-state index is -0.756. The molecule has 1 amide bonds. The van der Waals surface area contributed by atoms with E-state index in [9.17, 15) is 9.59 Å². The number of aliphatic carboxylic acids is 1. The molecule has 1 spiro atoms. The summed E-state index contributed by atoms with van der Waals surface area (Å²) in [6.45, 7) is 2.02. The van der Waals surface area contributed by atoms with Gasteiger partial charge in [0.2, 0.25) is 0 Å². The van der Waals surface area contributed by atoms with Crippen LogP contribution in [0.25, 0.3) is 0 Å². The maximum atomic E-state index is 12.4. The molecule has 118 valence electrons. The van der Waals surface area contributed by atoms with E-state index in [0.717, 1.165) is 6.42 Å². The van der Waals surface area contributed by atoms with Crippen LogP contribution < -0.4 is 4.90 Å². The molecule has 1 saturated heterocycles. The maximum Gasteiger partial charge on any atom is 0.416 e. The van der Waals surface area contributed by atoms with Crippen LogP contribution in [0.5, 0.6) is 0 Å². The van der Waals surface area contributed by atoms with Crippen molar-refractivity contribution in [2.75, 3.05) is 4.90 Å². The van der Waals surface area contributed by atoms with Crippen LogP contribution in [0.3, 0.4) is 0 Å². The summed E-state index contributed by atoms with van der Waals surface area (Å²) >= 11 is 0. The zero-order valence-electron chi connectivity index (χ0n) is 12.6. The van der Waals surface area contributed by atoms with Crippen LogP contribution in [-0.2, 0) is 9.53 Å². The minimum absolute atomic E-state index is 0.0929. The van der Waals surface area contributed by atoms with Gasteiger partial charge in [0.05, 0.1) is 12.0 Å². The number of carbonyl (C=O) groups excluding carboxylic acids is 1. The number of amides is 1. The highest BCUT2D eigenvalue weighted by atomic mass is 16.6. The number of carboxylic acids is 1. The first-order valence-electron chi connectivity index (χ1n) is 7.73. The van der Waals surface area contributed by atoms with Gasteiger partial charge in [0.25, 0.3) is 0 Å². The quantitative estimate of drug-likeness (QED) is 0.928. The molecule has 1 unspecified atom stereocenters. The summed E-state index contributed by atoms with van der Waals surface area (Å²) in [6, 6.07) is 5.35. The summed E-state index contributed by atoms with van der Waals surface area (Å²) in [5, 5.41) is 9.15. The number of carbonyl (C=O) groups is 2. The van der Waals surface area contributed by atoms with Gasteiger partial charge in [-0.05, 0) is 44.2 Å². The molecule has 6 heteroatoms. The van der Waals surface area contributed by atoms with Gasteiger partial charge >= 0.3 is 12.1 Å². The van der Waals surface area contributed by atoms with Gasteiger partial charge < -0.3 is 9.84 Å². The van der Waals surface area contributed by atoms with Crippen molar-refractivity contribution in [1.29, 1.82) is 0 Å². The Morgan fingerprint density at radius 1 is 1.45 bits per heavy atom. The van der Waals surface area contributed by atoms with Crippen molar-refractivity contribution in [3.05, 3.63) is 24.4 Å². The number of ether oxygens (including phenoxy) is 1. The molecule has 1 aliphatic heterocycles. The molecule has 0 radical (unpaired) electrons. The molecular formula is C16H20N2O4. The molecule has 1 aromatic heterocycles. The van der Waals surface area contributed by atoms with E-state index < -0.39 is 11.6 Å². The summed E-state index contributed by atoms with van der Waals surface area (Å²) in [6.07, 6.45) is 4.32. The molecule has 22 heavy (non-hydrogen) atoms. The first kappa shape index (κ1) is 14.8.